The quantitative estimate of drug-likeness (QED) is 0.555. The molecule has 1 aromatic heterocycles. The Balaban J connectivity index is 2.07. The fourth-order valence-electron chi connectivity index (χ4n) is 2.86. The number of carbonyl (C=O) groups excluding carboxylic acids is 2. The normalized spacial score (nSPS) is 12.0. The van der Waals surface area contributed by atoms with Gasteiger partial charge in [-0.1, -0.05) is 54.9 Å². The molecule has 9 heteroatoms. The van der Waals surface area contributed by atoms with Crippen molar-refractivity contribution >= 4 is 35.3 Å². The predicted molar refractivity (Wildman–Crippen MR) is 119 cm³/mol. The highest BCUT2D eigenvalue weighted by Crippen LogP contribution is 2.33. The summed E-state index contributed by atoms with van der Waals surface area (Å²) in [5.41, 5.74) is 7.94. The molecule has 3 rings (SSSR count). The lowest BCUT2D eigenvalue weighted by atomic mass is 10.1. The van der Waals surface area contributed by atoms with E-state index < -0.39 is 17.2 Å². The van der Waals surface area contributed by atoms with Crippen LogP contribution in [0.25, 0.3) is 17.1 Å². The van der Waals surface area contributed by atoms with Crippen LogP contribution in [-0.4, -0.2) is 32.0 Å². The number of imide groups is 1. The van der Waals surface area contributed by atoms with E-state index in [1.54, 1.807) is 12.1 Å². The van der Waals surface area contributed by atoms with Crippen LogP contribution in [-0.2, 0) is 4.79 Å². The fraction of sp³-hybridized carbons (Fsp3) is 0.238. The lowest BCUT2D eigenvalue weighted by Crippen LogP contribution is -2.42. The summed E-state index contributed by atoms with van der Waals surface area (Å²) in [5.74, 6) is 0.0846. The zero-order valence-corrected chi connectivity index (χ0v) is 18.4. The first-order valence-electron chi connectivity index (χ1n) is 9.31. The van der Waals surface area contributed by atoms with Gasteiger partial charge >= 0.3 is 6.03 Å². The van der Waals surface area contributed by atoms with Crippen molar-refractivity contribution in [3.05, 3.63) is 59.1 Å². The molecule has 0 saturated carbocycles. The summed E-state index contributed by atoms with van der Waals surface area (Å²) < 4.78 is 1.89. The van der Waals surface area contributed by atoms with E-state index in [4.69, 9.17) is 17.3 Å². The van der Waals surface area contributed by atoms with Crippen molar-refractivity contribution in [3.63, 3.8) is 0 Å². The molecule has 0 saturated heterocycles. The maximum atomic E-state index is 12.5. The second-order valence-electron chi connectivity index (χ2n) is 7.12. The number of aromatic nitrogens is 3. The van der Waals surface area contributed by atoms with E-state index >= 15 is 0 Å². The minimum atomic E-state index is -0.881. The summed E-state index contributed by atoms with van der Waals surface area (Å²) in [4.78, 5) is 23.7. The minimum absolute atomic E-state index is 0.0727. The summed E-state index contributed by atoms with van der Waals surface area (Å²) in [7, 11) is 0. The highest BCUT2D eigenvalue weighted by Gasteiger charge is 2.28. The molecule has 0 fully saturated rings. The van der Waals surface area contributed by atoms with Crippen LogP contribution in [0.3, 0.4) is 0 Å². The SMILES string of the molecule is Cc1ccc(-n2c(SC(C(=O)NC(N)=O)C(C)C)nnc2-c2ccc(Cl)cc2)cc1. The van der Waals surface area contributed by atoms with Crippen molar-refractivity contribution in [2.75, 3.05) is 0 Å². The molecule has 30 heavy (non-hydrogen) atoms. The summed E-state index contributed by atoms with van der Waals surface area (Å²) >= 11 is 7.26. The van der Waals surface area contributed by atoms with Crippen LogP contribution in [0.2, 0.25) is 5.02 Å². The zero-order valence-electron chi connectivity index (χ0n) is 16.8. The monoisotopic (exact) mass is 443 g/mol. The maximum absolute atomic E-state index is 12.5. The molecule has 0 aliphatic heterocycles. The van der Waals surface area contributed by atoms with E-state index in [0.717, 1.165) is 16.8 Å². The van der Waals surface area contributed by atoms with Gasteiger partial charge in [-0.2, -0.15) is 0 Å². The molecule has 3 amide bonds. The van der Waals surface area contributed by atoms with E-state index in [1.165, 1.54) is 11.8 Å². The molecule has 1 heterocycles. The molecule has 7 nitrogen and oxygen atoms in total. The molecule has 1 unspecified atom stereocenters. The number of nitrogens with one attached hydrogen (secondary N) is 1. The Morgan fingerprint density at radius 1 is 1.07 bits per heavy atom. The number of nitrogens with zero attached hydrogens (tertiary/aromatic N) is 3. The van der Waals surface area contributed by atoms with E-state index in [-0.39, 0.29) is 5.92 Å². The molecule has 0 spiro atoms. The largest absolute Gasteiger partial charge is 0.351 e. The van der Waals surface area contributed by atoms with Crippen molar-refractivity contribution in [2.24, 2.45) is 11.7 Å². The number of urea groups is 1. The molecule has 0 bridgehead atoms. The zero-order chi connectivity index (χ0) is 21.8. The van der Waals surface area contributed by atoms with Crippen LogP contribution < -0.4 is 11.1 Å². The number of hydrogen-bond acceptors (Lipinski definition) is 5. The van der Waals surface area contributed by atoms with Gasteiger partial charge in [-0.15, -0.1) is 10.2 Å². The van der Waals surface area contributed by atoms with Crippen LogP contribution in [0.15, 0.2) is 53.7 Å². The van der Waals surface area contributed by atoms with E-state index in [1.807, 2.05) is 61.7 Å². The maximum Gasteiger partial charge on any atom is 0.318 e. The Morgan fingerprint density at radius 3 is 2.27 bits per heavy atom. The number of primary amides is 1. The van der Waals surface area contributed by atoms with Crippen LogP contribution in [0, 0.1) is 12.8 Å². The molecule has 1 atom stereocenters. The Bertz CT molecular complexity index is 1050. The van der Waals surface area contributed by atoms with Gasteiger partial charge in [-0.05, 0) is 49.2 Å². The number of carbonyl (C=O) groups is 2. The van der Waals surface area contributed by atoms with Crippen molar-refractivity contribution < 1.29 is 9.59 Å². The van der Waals surface area contributed by atoms with Crippen molar-refractivity contribution in [1.82, 2.24) is 20.1 Å². The number of halogens is 1. The first kappa shape index (κ1) is 21.9. The van der Waals surface area contributed by atoms with Gasteiger partial charge in [0, 0.05) is 16.3 Å². The van der Waals surface area contributed by atoms with Crippen LogP contribution in [0.4, 0.5) is 4.79 Å². The average molecular weight is 444 g/mol. The lowest BCUT2D eigenvalue weighted by molar-refractivity contribution is -0.120. The van der Waals surface area contributed by atoms with Crippen molar-refractivity contribution in [1.29, 1.82) is 0 Å². The molecule has 3 N–H and O–H groups in total. The van der Waals surface area contributed by atoms with Crippen LogP contribution >= 0.6 is 23.4 Å². The molecule has 0 aliphatic rings. The first-order chi connectivity index (χ1) is 14.3. The first-order valence-corrected chi connectivity index (χ1v) is 10.6. The van der Waals surface area contributed by atoms with E-state index in [0.29, 0.717) is 16.0 Å². The van der Waals surface area contributed by atoms with Gasteiger partial charge in [0.05, 0.1) is 5.25 Å². The number of rotatable bonds is 6. The lowest BCUT2D eigenvalue weighted by Gasteiger charge is -2.19. The Hall–Kier alpha value is -2.84. The number of hydrogen-bond donors (Lipinski definition) is 2. The number of benzene rings is 2. The Labute approximate surface area is 184 Å². The van der Waals surface area contributed by atoms with Gasteiger partial charge in [-0.3, -0.25) is 14.7 Å². The van der Waals surface area contributed by atoms with Gasteiger partial charge in [0.1, 0.15) is 0 Å². The topological polar surface area (TPSA) is 103 Å². The Kier molecular flexibility index (Phi) is 6.79. The molecular weight excluding hydrogens is 422 g/mol. The van der Waals surface area contributed by atoms with E-state index in [2.05, 4.69) is 15.5 Å². The summed E-state index contributed by atoms with van der Waals surface area (Å²) in [6.07, 6.45) is 0. The standard InChI is InChI=1S/C21H22ClN5O2S/c1-12(2)17(19(28)24-20(23)29)30-21-26-25-18(14-6-8-15(22)9-7-14)27(21)16-10-4-13(3)5-11-16/h4-12,17H,1-3H3,(H3,23,24,28,29). The third-order valence-corrected chi connectivity index (χ3v) is 6.11. The van der Waals surface area contributed by atoms with E-state index in [9.17, 15) is 9.59 Å². The molecule has 2 aromatic carbocycles. The number of amides is 3. The average Bonchev–Trinajstić information content (AvgIpc) is 3.10. The highest BCUT2D eigenvalue weighted by atomic mass is 35.5. The van der Waals surface area contributed by atoms with Crippen molar-refractivity contribution in [3.8, 4) is 17.1 Å². The second kappa shape index (κ2) is 9.32. The third-order valence-electron chi connectivity index (χ3n) is 4.37. The van der Waals surface area contributed by atoms with Crippen LogP contribution in [0.5, 0.6) is 0 Å². The molecule has 3 aromatic rings. The smallest absolute Gasteiger partial charge is 0.318 e. The highest BCUT2D eigenvalue weighted by molar-refractivity contribution is 8.00. The number of thioether (sulfide) groups is 1. The van der Waals surface area contributed by atoms with Crippen LogP contribution in [0.1, 0.15) is 19.4 Å². The minimum Gasteiger partial charge on any atom is -0.351 e. The fourth-order valence-corrected chi connectivity index (χ4v) is 4.03. The Morgan fingerprint density at radius 2 is 1.70 bits per heavy atom. The summed E-state index contributed by atoms with van der Waals surface area (Å²) in [6, 6.07) is 14.4. The van der Waals surface area contributed by atoms with Gasteiger partial charge in [-0.25, -0.2) is 4.79 Å². The molecule has 156 valence electrons. The third kappa shape index (κ3) is 5.01. The van der Waals surface area contributed by atoms with Gasteiger partial charge in [0.15, 0.2) is 11.0 Å². The second-order valence-corrected chi connectivity index (χ2v) is 8.67. The van der Waals surface area contributed by atoms with Crippen molar-refractivity contribution in [2.45, 2.75) is 31.2 Å². The number of nitrogens with two attached hydrogens (primary N) is 1. The van der Waals surface area contributed by atoms with Gasteiger partial charge < -0.3 is 5.73 Å². The van der Waals surface area contributed by atoms with Gasteiger partial charge in [0.2, 0.25) is 5.91 Å². The molecule has 0 aliphatic carbocycles. The summed E-state index contributed by atoms with van der Waals surface area (Å²) in [5, 5.41) is 11.5. The molecular formula is C21H22ClN5O2S. The molecule has 0 radical (unpaired) electrons. The predicted octanol–water partition coefficient (Wildman–Crippen LogP) is 4.21. The summed E-state index contributed by atoms with van der Waals surface area (Å²) in [6.45, 7) is 5.80. The number of aryl methyl sites for hydroxylation is 1. The van der Waals surface area contributed by atoms with Gasteiger partial charge in [0.25, 0.3) is 0 Å².